The lowest BCUT2D eigenvalue weighted by Gasteiger charge is -2.10. The van der Waals surface area contributed by atoms with Crippen LogP contribution in [-0.4, -0.2) is 26.8 Å². The molecule has 0 atom stereocenters. The van der Waals surface area contributed by atoms with Gasteiger partial charge in [0.15, 0.2) is 0 Å². The number of benzene rings is 1. The monoisotopic (exact) mass is 360 g/mol. The van der Waals surface area contributed by atoms with Crippen LogP contribution in [0.25, 0.3) is 0 Å². The van der Waals surface area contributed by atoms with Crippen molar-refractivity contribution in [3.05, 3.63) is 28.2 Å². The molecule has 1 aromatic rings. The Morgan fingerprint density at radius 2 is 2.05 bits per heavy atom. The second-order valence-electron chi connectivity index (χ2n) is 5.34. The molecule has 0 aliphatic heterocycles. The van der Waals surface area contributed by atoms with Crippen molar-refractivity contribution in [2.45, 2.75) is 38.6 Å². The maximum Gasteiger partial charge on any atom is 0.232 e. The van der Waals surface area contributed by atoms with Crippen LogP contribution in [0.15, 0.2) is 22.7 Å². The highest BCUT2D eigenvalue weighted by molar-refractivity contribution is 9.10. The van der Waals surface area contributed by atoms with Crippen LogP contribution in [-0.2, 0) is 10.0 Å². The molecule has 0 unspecified atom stereocenters. The van der Waals surface area contributed by atoms with Gasteiger partial charge in [-0.3, -0.25) is 4.72 Å². The first-order valence-corrected chi connectivity index (χ1v) is 9.41. The van der Waals surface area contributed by atoms with Crippen molar-refractivity contribution in [3.63, 3.8) is 0 Å². The largest absolute Gasteiger partial charge is 0.314 e. The predicted molar refractivity (Wildman–Crippen MR) is 86.5 cm³/mol. The Morgan fingerprint density at radius 1 is 1.30 bits per heavy atom. The minimum absolute atomic E-state index is 0.166. The van der Waals surface area contributed by atoms with Gasteiger partial charge in [0.05, 0.1) is 11.4 Å². The molecule has 1 aromatic carbocycles. The third-order valence-corrected chi connectivity index (χ3v) is 5.25. The highest BCUT2D eigenvalue weighted by Gasteiger charge is 2.19. The summed E-state index contributed by atoms with van der Waals surface area (Å²) in [7, 11) is -3.26. The topological polar surface area (TPSA) is 58.2 Å². The molecule has 6 heteroatoms. The average Bonchev–Trinajstić information content (AvgIpc) is 3.16. The van der Waals surface area contributed by atoms with Crippen LogP contribution in [0.3, 0.4) is 0 Å². The van der Waals surface area contributed by atoms with Crippen LogP contribution in [0.2, 0.25) is 0 Å². The molecular formula is C14H21BrN2O2S. The van der Waals surface area contributed by atoms with Gasteiger partial charge in [0.2, 0.25) is 10.0 Å². The Kier molecular flexibility index (Phi) is 5.46. The fourth-order valence-electron chi connectivity index (χ4n) is 1.93. The molecule has 2 N–H and O–H groups in total. The molecule has 0 aromatic heterocycles. The van der Waals surface area contributed by atoms with E-state index >= 15 is 0 Å². The van der Waals surface area contributed by atoms with E-state index in [4.69, 9.17) is 0 Å². The first-order valence-electron chi connectivity index (χ1n) is 6.96. The fourth-order valence-corrected chi connectivity index (χ4v) is 3.86. The lowest BCUT2D eigenvalue weighted by Crippen LogP contribution is -2.20. The molecule has 1 fully saturated rings. The highest BCUT2D eigenvalue weighted by atomic mass is 79.9. The summed E-state index contributed by atoms with van der Waals surface area (Å²) >= 11 is 3.38. The molecule has 1 aliphatic rings. The Morgan fingerprint density at radius 3 is 2.70 bits per heavy atom. The van der Waals surface area contributed by atoms with E-state index in [1.807, 2.05) is 19.1 Å². The van der Waals surface area contributed by atoms with Crippen molar-refractivity contribution in [1.82, 2.24) is 5.32 Å². The van der Waals surface area contributed by atoms with Gasteiger partial charge in [-0.2, -0.15) is 0 Å². The number of halogens is 1. The Bertz CT molecular complexity index is 556. The Labute approximate surface area is 129 Å². The fraction of sp³-hybridized carbons (Fsp3) is 0.571. The van der Waals surface area contributed by atoms with Crippen molar-refractivity contribution in [2.75, 3.05) is 17.0 Å². The minimum atomic E-state index is -3.26. The lowest BCUT2D eigenvalue weighted by molar-refractivity contribution is 0.591. The Balaban J connectivity index is 1.77. The van der Waals surface area contributed by atoms with Crippen LogP contribution >= 0.6 is 15.9 Å². The average molecular weight is 361 g/mol. The lowest BCUT2D eigenvalue weighted by atomic mass is 10.2. The quantitative estimate of drug-likeness (QED) is 0.700. The number of unbranched alkanes of at least 4 members (excludes halogenated alkanes) is 1. The summed E-state index contributed by atoms with van der Waals surface area (Å²) in [6.45, 7) is 2.88. The van der Waals surface area contributed by atoms with E-state index in [0.717, 1.165) is 23.0 Å². The van der Waals surface area contributed by atoms with Crippen molar-refractivity contribution >= 4 is 31.6 Å². The normalized spacial score (nSPS) is 15.3. The first-order chi connectivity index (χ1) is 9.46. The number of sulfonamides is 1. The number of hydrogen-bond acceptors (Lipinski definition) is 3. The Hall–Kier alpha value is -0.590. The highest BCUT2D eigenvalue weighted by Crippen LogP contribution is 2.24. The summed E-state index contributed by atoms with van der Waals surface area (Å²) in [6.07, 6.45) is 4.10. The zero-order valence-corrected chi connectivity index (χ0v) is 14.1. The zero-order valence-electron chi connectivity index (χ0n) is 11.7. The third-order valence-electron chi connectivity index (χ3n) is 3.24. The van der Waals surface area contributed by atoms with Gasteiger partial charge in [-0.05, 0) is 72.8 Å². The zero-order chi connectivity index (χ0) is 14.6. The number of nitrogens with one attached hydrogen (secondary N) is 2. The molecular weight excluding hydrogens is 340 g/mol. The SMILES string of the molecule is Cc1ccc(NS(=O)(=O)CCCCNC2CC2)c(Br)c1. The summed E-state index contributed by atoms with van der Waals surface area (Å²) in [6, 6.07) is 6.26. The molecule has 112 valence electrons. The first kappa shape index (κ1) is 15.8. The van der Waals surface area contributed by atoms with Gasteiger partial charge in [-0.15, -0.1) is 0 Å². The van der Waals surface area contributed by atoms with E-state index in [1.54, 1.807) is 6.07 Å². The minimum Gasteiger partial charge on any atom is -0.314 e. The predicted octanol–water partition coefficient (Wildman–Crippen LogP) is 3.03. The van der Waals surface area contributed by atoms with Gasteiger partial charge in [-0.1, -0.05) is 6.07 Å². The van der Waals surface area contributed by atoms with Crippen LogP contribution in [0, 0.1) is 6.92 Å². The van der Waals surface area contributed by atoms with Crippen molar-refractivity contribution in [1.29, 1.82) is 0 Å². The molecule has 0 heterocycles. The van der Waals surface area contributed by atoms with Gasteiger partial charge in [-0.25, -0.2) is 8.42 Å². The van der Waals surface area contributed by atoms with Crippen LogP contribution in [0.1, 0.15) is 31.2 Å². The number of hydrogen-bond donors (Lipinski definition) is 2. The van der Waals surface area contributed by atoms with Gasteiger partial charge >= 0.3 is 0 Å². The van der Waals surface area contributed by atoms with Crippen molar-refractivity contribution < 1.29 is 8.42 Å². The molecule has 1 saturated carbocycles. The van der Waals surface area contributed by atoms with Gasteiger partial charge in [0.25, 0.3) is 0 Å². The van der Waals surface area contributed by atoms with Gasteiger partial charge in [0.1, 0.15) is 0 Å². The number of rotatable bonds is 8. The van der Waals surface area contributed by atoms with E-state index < -0.39 is 10.0 Å². The van der Waals surface area contributed by atoms with Crippen LogP contribution in [0.5, 0.6) is 0 Å². The molecule has 0 saturated heterocycles. The van der Waals surface area contributed by atoms with E-state index in [0.29, 0.717) is 18.2 Å². The summed E-state index contributed by atoms with van der Waals surface area (Å²) in [5.74, 6) is 0.166. The van der Waals surface area contributed by atoms with E-state index in [2.05, 4.69) is 26.0 Å². The molecule has 1 aliphatic carbocycles. The van der Waals surface area contributed by atoms with E-state index in [9.17, 15) is 8.42 Å². The summed E-state index contributed by atoms with van der Waals surface area (Å²) in [5.41, 5.74) is 1.69. The maximum atomic E-state index is 12.0. The van der Waals surface area contributed by atoms with Crippen molar-refractivity contribution in [2.24, 2.45) is 0 Å². The molecule has 0 amide bonds. The molecule has 20 heavy (non-hydrogen) atoms. The second kappa shape index (κ2) is 6.91. The number of aryl methyl sites for hydroxylation is 1. The maximum absolute atomic E-state index is 12.0. The molecule has 0 bridgehead atoms. The molecule has 0 radical (unpaired) electrons. The summed E-state index contributed by atoms with van der Waals surface area (Å²) in [5, 5.41) is 3.39. The van der Waals surface area contributed by atoms with Gasteiger partial charge < -0.3 is 5.32 Å². The third kappa shape index (κ3) is 5.42. The molecule has 0 spiro atoms. The van der Waals surface area contributed by atoms with Crippen molar-refractivity contribution in [3.8, 4) is 0 Å². The molecule has 4 nitrogen and oxygen atoms in total. The summed E-state index contributed by atoms with van der Waals surface area (Å²) in [4.78, 5) is 0. The van der Waals surface area contributed by atoms with E-state index in [1.165, 1.54) is 12.8 Å². The molecule has 2 rings (SSSR count). The summed E-state index contributed by atoms with van der Waals surface area (Å²) < 4.78 is 27.4. The second-order valence-corrected chi connectivity index (χ2v) is 8.04. The van der Waals surface area contributed by atoms with E-state index in [-0.39, 0.29) is 5.75 Å². The van der Waals surface area contributed by atoms with Crippen LogP contribution in [0.4, 0.5) is 5.69 Å². The van der Waals surface area contributed by atoms with Gasteiger partial charge in [0, 0.05) is 10.5 Å². The standard InChI is InChI=1S/C14H21BrN2O2S/c1-11-4-7-14(13(15)10-11)17-20(18,19)9-3-2-8-16-12-5-6-12/h4,7,10,12,16-17H,2-3,5-6,8-9H2,1H3. The number of anilines is 1. The smallest absolute Gasteiger partial charge is 0.232 e. The van der Waals surface area contributed by atoms with Crippen LogP contribution < -0.4 is 10.0 Å².